The molecule has 1 heterocycles. The highest BCUT2D eigenvalue weighted by Gasteiger charge is 2.12. The van der Waals surface area contributed by atoms with E-state index in [-0.39, 0.29) is 11.9 Å². The summed E-state index contributed by atoms with van der Waals surface area (Å²) in [6.07, 6.45) is 5.94. The quantitative estimate of drug-likeness (QED) is 0.541. The zero-order valence-corrected chi connectivity index (χ0v) is 14.0. The number of allylic oxidation sites excluding steroid dienone is 6. The Kier molecular flexibility index (Phi) is 7.83. The van der Waals surface area contributed by atoms with E-state index >= 15 is 0 Å². The minimum absolute atomic E-state index is 0.0566. The van der Waals surface area contributed by atoms with Crippen LogP contribution in [-0.4, -0.2) is 11.2 Å². The van der Waals surface area contributed by atoms with Crippen molar-refractivity contribution >= 4 is 22.2 Å². The molecule has 1 atom stereocenters. The molecule has 0 spiro atoms. The van der Waals surface area contributed by atoms with E-state index in [0.717, 1.165) is 24.1 Å². The van der Waals surface area contributed by atoms with E-state index in [9.17, 15) is 13.2 Å². The second kappa shape index (κ2) is 9.36. The third-order valence-electron chi connectivity index (χ3n) is 2.97. The molecule has 0 saturated heterocycles. The van der Waals surface area contributed by atoms with Crippen LogP contribution >= 0.6 is 11.6 Å². The van der Waals surface area contributed by atoms with Gasteiger partial charge in [-0.25, -0.2) is 13.2 Å². The van der Waals surface area contributed by atoms with Crippen LogP contribution in [0.15, 0.2) is 48.7 Å². The lowest BCUT2D eigenvalue weighted by molar-refractivity contribution is 0.424. The van der Waals surface area contributed by atoms with Gasteiger partial charge in [0, 0.05) is 17.3 Å². The average molecular weight is 342 g/mol. The maximum atomic E-state index is 14.2. The highest BCUT2D eigenvalue weighted by Crippen LogP contribution is 2.28. The van der Waals surface area contributed by atoms with Crippen LogP contribution in [-0.2, 0) is 0 Å². The smallest absolute Gasteiger partial charge is 0.129 e. The predicted molar refractivity (Wildman–Crippen MR) is 91.1 cm³/mol. The third-order valence-corrected chi connectivity index (χ3v) is 3.30. The fourth-order valence-electron chi connectivity index (χ4n) is 1.99. The van der Waals surface area contributed by atoms with Crippen molar-refractivity contribution in [2.75, 3.05) is 0 Å². The van der Waals surface area contributed by atoms with Crippen LogP contribution in [0.2, 0.25) is 0 Å². The normalized spacial score (nSPS) is 15.3. The Bertz CT molecular complexity index is 658. The highest BCUT2D eigenvalue weighted by atomic mass is 35.5. The molecule has 1 aromatic rings. The molecular weight excluding hydrogens is 323 g/mol. The van der Waals surface area contributed by atoms with Gasteiger partial charge in [0.2, 0.25) is 0 Å². The first-order valence-corrected chi connectivity index (χ1v) is 7.60. The Morgan fingerprint density at radius 3 is 2.65 bits per heavy atom. The van der Waals surface area contributed by atoms with Crippen LogP contribution in [0.4, 0.5) is 13.2 Å². The molecule has 124 valence electrons. The number of pyridine rings is 1. The lowest BCUT2D eigenvalue weighted by Crippen LogP contribution is -1.96. The first kappa shape index (κ1) is 19.2. The number of halogens is 4. The molecular formula is C18H19ClF3N. The van der Waals surface area contributed by atoms with Gasteiger partial charge in [-0.15, -0.1) is 0 Å². The molecule has 1 rings (SSSR count). The van der Waals surface area contributed by atoms with Crippen LogP contribution < -0.4 is 0 Å². The summed E-state index contributed by atoms with van der Waals surface area (Å²) in [6, 6.07) is 1.68. The topological polar surface area (TPSA) is 12.9 Å². The Morgan fingerprint density at radius 1 is 1.43 bits per heavy atom. The molecule has 1 aromatic heterocycles. The molecule has 0 saturated carbocycles. The SMILES string of the molecule is CC/C=C(/Cl)c1ncc(C(=C/C=C\F)/C(F)=C/C(C)F)cc1C. The van der Waals surface area contributed by atoms with Gasteiger partial charge >= 0.3 is 0 Å². The van der Waals surface area contributed by atoms with Gasteiger partial charge in [-0.1, -0.05) is 24.6 Å². The summed E-state index contributed by atoms with van der Waals surface area (Å²) in [5, 5.41) is 0.513. The fourth-order valence-corrected chi connectivity index (χ4v) is 2.34. The molecule has 5 heteroatoms. The zero-order chi connectivity index (χ0) is 17.4. The Balaban J connectivity index is 3.34. The summed E-state index contributed by atoms with van der Waals surface area (Å²) in [4.78, 5) is 4.24. The van der Waals surface area contributed by atoms with Crippen LogP contribution in [0.5, 0.6) is 0 Å². The summed E-state index contributed by atoms with van der Waals surface area (Å²) < 4.78 is 39.4. The van der Waals surface area contributed by atoms with E-state index < -0.39 is 12.0 Å². The van der Waals surface area contributed by atoms with Crippen LogP contribution in [0.25, 0.3) is 10.6 Å². The first-order valence-electron chi connectivity index (χ1n) is 7.22. The van der Waals surface area contributed by atoms with E-state index in [2.05, 4.69) is 4.98 Å². The molecule has 0 amide bonds. The first-order chi connectivity index (χ1) is 10.9. The molecule has 0 aromatic carbocycles. The Labute approximate surface area is 139 Å². The van der Waals surface area contributed by atoms with Gasteiger partial charge in [0.1, 0.15) is 12.0 Å². The standard InChI is InChI=1S/C18H19ClF3N/c1-4-6-16(19)18-12(2)9-14(11-23-18)15(7-5-8-20)17(22)10-13(3)21/h5-11,13H,4H2,1-3H3/b8-5-,15-7-,16-6+,17-10-. The van der Waals surface area contributed by atoms with Crippen molar-refractivity contribution in [3.8, 4) is 0 Å². The fraction of sp³-hybridized carbons (Fsp3) is 0.278. The number of alkyl halides is 1. The molecule has 0 bridgehead atoms. The monoisotopic (exact) mass is 341 g/mol. The predicted octanol–water partition coefficient (Wildman–Crippen LogP) is 6.46. The van der Waals surface area contributed by atoms with Crippen molar-refractivity contribution in [2.24, 2.45) is 0 Å². The second-order valence-corrected chi connectivity index (χ2v) is 5.35. The summed E-state index contributed by atoms with van der Waals surface area (Å²) in [5.41, 5.74) is 1.81. The van der Waals surface area contributed by atoms with Crippen molar-refractivity contribution in [3.63, 3.8) is 0 Å². The average Bonchev–Trinajstić information content (AvgIpc) is 2.47. The van der Waals surface area contributed by atoms with Crippen molar-refractivity contribution in [1.82, 2.24) is 4.98 Å². The molecule has 1 nitrogen and oxygen atoms in total. The van der Waals surface area contributed by atoms with Crippen LogP contribution in [0.1, 0.15) is 37.1 Å². The number of aromatic nitrogens is 1. The maximum absolute atomic E-state index is 14.2. The molecule has 0 aliphatic heterocycles. The van der Waals surface area contributed by atoms with Crippen molar-refractivity contribution in [3.05, 3.63) is 65.5 Å². The summed E-state index contributed by atoms with van der Waals surface area (Å²) in [5.74, 6) is -0.776. The van der Waals surface area contributed by atoms with E-state index in [4.69, 9.17) is 11.6 Å². The Morgan fingerprint density at radius 2 is 2.13 bits per heavy atom. The molecule has 23 heavy (non-hydrogen) atoms. The lowest BCUT2D eigenvalue weighted by Gasteiger charge is -2.09. The van der Waals surface area contributed by atoms with Gasteiger partial charge in [0.25, 0.3) is 0 Å². The minimum atomic E-state index is -1.46. The molecule has 0 radical (unpaired) electrons. The van der Waals surface area contributed by atoms with Gasteiger partial charge in [0.15, 0.2) is 0 Å². The second-order valence-electron chi connectivity index (χ2n) is 4.94. The van der Waals surface area contributed by atoms with Crippen LogP contribution in [0.3, 0.4) is 0 Å². The van der Waals surface area contributed by atoms with Crippen molar-refractivity contribution < 1.29 is 13.2 Å². The van der Waals surface area contributed by atoms with E-state index in [1.54, 1.807) is 13.0 Å². The summed E-state index contributed by atoms with van der Waals surface area (Å²) in [7, 11) is 0. The van der Waals surface area contributed by atoms with Gasteiger partial charge < -0.3 is 0 Å². The van der Waals surface area contributed by atoms with Gasteiger partial charge in [-0.2, -0.15) is 0 Å². The summed E-state index contributed by atoms with van der Waals surface area (Å²) in [6.45, 7) is 4.96. The van der Waals surface area contributed by atoms with E-state index in [1.807, 2.05) is 13.0 Å². The highest BCUT2D eigenvalue weighted by molar-refractivity contribution is 6.48. The van der Waals surface area contributed by atoms with Crippen molar-refractivity contribution in [2.45, 2.75) is 33.4 Å². The maximum Gasteiger partial charge on any atom is 0.129 e. The number of aryl methyl sites for hydroxylation is 1. The lowest BCUT2D eigenvalue weighted by atomic mass is 10.0. The van der Waals surface area contributed by atoms with Gasteiger partial charge in [0.05, 0.1) is 17.1 Å². The zero-order valence-electron chi connectivity index (χ0n) is 13.3. The number of rotatable bonds is 6. The number of nitrogens with zero attached hydrogens (tertiary/aromatic N) is 1. The molecule has 0 N–H and O–H groups in total. The van der Waals surface area contributed by atoms with Crippen LogP contribution in [0, 0.1) is 6.92 Å². The molecule has 0 fully saturated rings. The molecule has 1 unspecified atom stereocenters. The number of hydrogen-bond donors (Lipinski definition) is 0. The minimum Gasteiger partial charge on any atom is -0.254 e. The van der Waals surface area contributed by atoms with Gasteiger partial charge in [-0.3, -0.25) is 4.98 Å². The van der Waals surface area contributed by atoms with E-state index in [0.29, 0.717) is 16.3 Å². The number of hydrogen-bond acceptors (Lipinski definition) is 1. The molecule has 0 aliphatic carbocycles. The van der Waals surface area contributed by atoms with Gasteiger partial charge in [-0.05, 0) is 50.1 Å². The largest absolute Gasteiger partial charge is 0.254 e. The summed E-state index contributed by atoms with van der Waals surface area (Å²) >= 11 is 6.15. The van der Waals surface area contributed by atoms with E-state index in [1.165, 1.54) is 19.2 Å². The Hall–Kier alpha value is -1.81. The molecule has 0 aliphatic rings. The third kappa shape index (κ3) is 5.71. The van der Waals surface area contributed by atoms with Crippen molar-refractivity contribution in [1.29, 1.82) is 0 Å².